The van der Waals surface area contributed by atoms with E-state index >= 15 is 0 Å². The summed E-state index contributed by atoms with van der Waals surface area (Å²) in [5.74, 6) is -2.00. The van der Waals surface area contributed by atoms with Gasteiger partial charge in [0.25, 0.3) is 0 Å². The van der Waals surface area contributed by atoms with Crippen LogP contribution in [0.25, 0.3) is 0 Å². The lowest BCUT2D eigenvalue weighted by molar-refractivity contribution is 0.0694. The summed E-state index contributed by atoms with van der Waals surface area (Å²) in [6.07, 6.45) is 0. The number of carboxylic acids is 1. The maximum atomic E-state index is 12.0. The van der Waals surface area contributed by atoms with E-state index in [1.807, 2.05) is 0 Å². The monoisotopic (exact) mass is 307 g/mol. The van der Waals surface area contributed by atoms with E-state index in [0.717, 1.165) is 12.1 Å². The molecular formula is C14H13NO5S. The number of hydrogen-bond acceptors (Lipinski definition) is 4. The molecule has 0 aliphatic rings. The minimum atomic E-state index is -3.65. The largest absolute Gasteiger partial charge is 0.507 e. The van der Waals surface area contributed by atoms with Gasteiger partial charge in [-0.2, -0.15) is 0 Å². The molecule has 110 valence electrons. The molecule has 2 rings (SSSR count). The minimum Gasteiger partial charge on any atom is -0.507 e. The molecule has 0 fully saturated rings. The van der Waals surface area contributed by atoms with E-state index in [0.29, 0.717) is 5.56 Å². The number of rotatable bonds is 5. The van der Waals surface area contributed by atoms with Crippen molar-refractivity contribution in [1.82, 2.24) is 0 Å². The van der Waals surface area contributed by atoms with Gasteiger partial charge >= 0.3 is 5.97 Å². The first-order valence-corrected chi connectivity index (χ1v) is 7.63. The van der Waals surface area contributed by atoms with Gasteiger partial charge in [0.05, 0.1) is 11.4 Å². The van der Waals surface area contributed by atoms with Crippen molar-refractivity contribution in [2.45, 2.75) is 5.75 Å². The van der Waals surface area contributed by atoms with Gasteiger partial charge in [-0.25, -0.2) is 13.2 Å². The van der Waals surface area contributed by atoms with Gasteiger partial charge in [-0.1, -0.05) is 30.3 Å². The summed E-state index contributed by atoms with van der Waals surface area (Å²) >= 11 is 0. The van der Waals surface area contributed by atoms with Gasteiger partial charge in [-0.15, -0.1) is 0 Å². The van der Waals surface area contributed by atoms with Crippen LogP contribution < -0.4 is 4.72 Å². The maximum absolute atomic E-state index is 12.0. The Bertz CT molecular complexity index is 756. The molecule has 0 saturated carbocycles. The highest BCUT2D eigenvalue weighted by Gasteiger charge is 2.14. The summed E-state index contributed by atoms with van der Waals surface area (Å²) in [6, 6.07) is 12.1. The fourth-order valence-corrected chi connectivity index (χ4v) is 2.97. The summed E-state index contributed by atoms with van der Waals surface area (Å²) in [4.78, 5) is 10.8. The fraction of sp³-hybridized carbons (Fsp3) is 0.0714. The molecule has 0 aromatic heterocycles. The molecule has 0 unspecified atom stereocenters. The summed E-state index contributed by atoms with van der Waals surface area (Å²) in [5.41, 5.74) is 0.436. The molecule has 0 amide bonds. The normalized spacial score (nSPS) is 11.0. The second-order valence-corrected chi connectivity index (χ2v) is 6.11. The number of hydrogen-bond donors (Lipinski definition) is 3. The number of phenols is 1. The predicted molar refractivity (Wildman–Crippen MR) is 77.8 cm³/mol. The maximum Gasteiger partial charge on any atom is 0.339 e. The molecular weight excluding hydrogens is 294 g/mol. The van der Waals surface area contributed by atoms with Gasteiger partial charge in [0, 0.05) is 6.07 Å². The summed E-state index contributed by atoms with van der Waals surface area (Å²) < 4.78 is 26.3. The predicted octanol–water partition coefficient (Wildman–Crippen LogP) is 2.03. The van der Waals surface area contributed by atoms with Crippen LogP contribution in [0.3, 0.4) is 0 Å². The molecule has 0 bridgehead atoms. The SMILES string of the molecule is O=C(O)c1ccc(NS(=O)(=O)Cc2ccccc2)cc1O. The Hall–Kier alpha value is -2.54. The number of anilines is 1. The van der Waals surface area contributed by atoms with Crippen LogP contribution in [0.5, 0.6) is 5.75 Å². The number of aromatic carboxylic acids is 1. The van der Waals surface area contributed by atoms with Crippen LogP contribution in [-0.2, 0) is 15.8 Å². The van der Waals surface area contributed by atoms with Crippen molar-refractivity contribution in [1.29, 1.82) is 0 Å². The Morgan fingerprint density at radius 2 is 1.76 bits per heavy atom. The zero-order valence-corrected chi connectivity index (χ0v) is 11.7. The van der Waals surface area contributed by atoms with E-state index in [1.54, 1.807) is 30.3 Å². The highest BCUT2D eigenvalue weighted by molar-refractivity contribution is 7.91. The first kappa shape index (κ1) is 14.9. The number of sulfonamides is 1. The molecule has 0 saturated heterocycles. The molecule has 0 atom stereocenters. The van der Waals surface area contributed by atoms with Crippen LogP contribution >= 0.6 is 0 Å². The van der Waals surface area contributed by atoms with Gasteiger partial charge in [0.1, 0.15) is 11.3 Å². The third-order valence-corrected chi connectivity index (χ3v) is 3.96. The summed E-state index contributed by atoms with van der Waals surface area (Å²) in [7, 11) is -3.65. The zero-order chi connectivity index (χ0) is 15.5. The summed E-state index contributed by atoms with van der Waals surface area (Å²) in [6.45, 7) is 0. The van der Waals surface area contributed by atoms with Crippen LogP contribution in [0.2, 0.25) is 0 Å². The third kappa shape index (κ3) is 3.96. The Morgan fingerprint density at radius 3 is 2.33 bits per heavy atom. The van der Waals surface area contributed by atoms with Crippen molar-refractivity contribution in [2.75, 3.05) is 4.72 Å². The van der Waals surface area contributed by atoms with Crippen LogP contribution in [0.4, 0.5) is 5.69 Å². The Labute approximate surface area is 121 Å². The molecule has 0 spiro atoms. The van der Waals surface area contributed by atoms with Crippen LogP contribution in [-0.4, -0.2) is 24.6 Å². The topological polar surface area (TPSA) is 104 Å². The molecule has 6 nitrogen and oxygen atoms in total. The van der Waals surface area contributed by atoms with E-state index in [1.165, 1.54) is 6.07 Å². The van der Waals surface area contributed by atoms with Gasteiger partial charge in [-0.05, 0) is 17.7 Å². The number of carbonyl (C=O) groups is 1. The zero-order valence-electron chi connectivity index (χ0n) is 10.9. The van der Waals surface area contributed by atoms with Crippen LogP contribution in [0, 0.1) is 0 Å². The highest BCUT2D eigenvalue weighted by atomic mass is 32.2. The van der Waals surface area contributed by atoms with E-state index < -0.39 is 21.7 Å². The average molecular weight is 307 g/mol. The third-order valence-electron chi connectivity index (χ3n) is 2.70. The first-order valence-electron chi connectivity index (χ1n) is 5.98. The van der Waals surface area contributed by atoms with Gasteiger partial charge in [-0.3, -0.25) is 4.72 Å². The Morgan fingerprint density at radius 1 is 1.10 bits per heavy atom. The van der Waals surface area contributed by atoms with Crippen molar-refractivity contribution in [3.05, 3.63) is 59.7 Å². The van der Waals surface area contributed by atoms with Gasteiger partial charge in [0.2, 0.25) is 10.0 Å². The number of benzene rings is 2. The molecule has 2 aromatic rings. The van der Waals surface area contributed by atoms with Crippen molar-refractivity contribution >= 4 is 21.7 Å². The standard InChI is InChI=1S/C14H13NO5S/c16-13-8-11(6-7-12(13)14(17)18)15-21(19,20)9-10-4-2-1-3-5-10/h1-8,15-16H,9H2,(H,17,18). The van der Waals surface area contributed by atoms with Crippen molar-refractivity contribution in [2.24, 2.45) is 0 Å². The molecule has 2 aromatic carbocycles. The minimum absolute atomic E-state index is 0.105. The molecule has 0 radical (unpaired) electrons. The smallest absolute Gasteiger partial charge is 0.339 e. The van der Waals surface area contributed by atoms with Crippen LogP contribution in [0.1, 0.15) is 15.9 Å². The van der Waals surface area contributed by atoms with E-state index in [9.17, 15) is 18.3 Å². The molecule has 0 aliphatic heterocycles. The second-order valence-electron chi connectivity index (χ2n) is 4.38. The fourth-order valence-electron chi connectivity index (χ4n) is 1.79. The highest BCUT2D eigenvalue weighted by Crippen LogP contribution is 2.23. The number of nitrogens with one attached hydrogen (secondary N) is 1. The second kappa shape index (κ2) is 5.84. The molecule has 0 aliphatic carbocycles. The molecule has 7 heteroatoms. The van der Waals surface area contributed by atoms with Crippen molar-refractivity contribution in [3.8, 4) is 5.75 Å². The van der Waals surface area contributed by atoms with E-state index in [-0.39, 0.29) is 17.0 Å². The first-order chi connectivity index (χ1) is 9.87. The lowest BCUT2D eigenvalue weighted by Gasteiger charge is -2.09. The number of aromatic hydroxyl groups is 1. The lowest BCUT2D eigenvalue weighted by atomic mass is 10.2. The quantitative estimate of drug-likeness (QED) is 0.784. The van der Waals surface area contributed by atoms with E-state index in [2.05, 4.69) is 4.72 Å². The van der Waals surface area contributed by atoms with Gasteiger partial charge < -0.3 is 10.2 Å². The molecule has 21 heavy (non-hydrogen) atoms. The number of carboxylic acid groups (broad SMARTS) is 1. The Balaban J connectivity index is 2.17. The molecule has 0 heterocycles. The average Bonchev–Trinajstić information content (AvgIpc) is 2.38. The summed E-state index contributed by atoms with van der Waals surface area (Å²) in [5, 5.41) is 18.3. The van der Waals surface area contributed by atoms with Crippen molar-refractivity contribution in [3.63, 3.8) is 0 Å². The Kier molecular flexibility index (Phi) is 4.13. The lowest BCUT2D eigenvalue weighted by Crippen LogP contribution is -2.15. The van der Waals surface area contributed by atoms with Crippen LogP contribution in [0.15, 0.2) is 48.5 Å². The molecule has 3 N–H and O–H groups in total. The van der Waals surface area contributed by atoms with E-state index in [4.69, 9.17) is 5.11 Å². The van der Waals surface area contributed by atoms with Gasteiger partial charge in [0.15, 0.2) is 0 Å². The van der Waals surface area contributed by atoms with Crippen molar-refractivity contribution < 1.29 is 23.4 Å².